The number of ether oxygens (including phenoxy) is 1. The SMILES string of the molecule is COCCN1CC[C@]2(CN(Cc3ccco3)C[C@H]2c2cn(C(C)C)cn2)C1=O. The van der Waals surface area contributed by atoms with Crippen LogP contribution in [0, 0.1) is 5.41 Å². The van der Waals surface area contributed by atoms with E-state index >= 15 is 0 Å². The first kappa shape index (κ1) is 19.2. The van der Waals surface area contributed by atoms with Crippen LogP contribution in [-0.2, 0) is 16.1 Å². The van der Waals surface area contributed by atoms with Crippen LogP contribution >= 0.6 is 0 Å². The second-order valence-corrected chi connectivity index (χ2v) is 8.33. The maximum Gasteiger partial charge on any atom is 0.230 e. The average molecular weight is 386 g/mol. The lowest BCUT2D eigenvalue weighted by molar-refractivity contribution is -0.136. The molecule has 2 aromatic rings. The van der Waals surface area contributed by atoms with Crippen molar-refractivity contribution in [2.75, 3.05) is 39.9 Å². The molecule has 7 nitrogen and oxygen atoms in total. The van der Waals surface area contributed by atoms with Crippen molar-refractivity contribution in [1.29, 1.82) is 0 Å². The topological polar surface area (TPSA) is 63.7 Å². The molecule has 2 atom stereocenters. The molecule has 1 amide bonds. The summed E-state index contributed by atoms with van der Waals surface area (Å²) in [7, 11) is 1.68. The number of hydrogen-bond acceptors (Lipinski definition) is 5. The lowest BCUT2D eigenvalue weighted by Crippen LogP contribution is -2.40. The minimum absolute atomic E-state index is 0.0995. The van der Waals surface area contributed by atoms with Gasteiger partial charge in [-0.1, -0.05) is 0 Å². The first-order valence-corrected chi connectivity index (χ1v) is 10.1. The fourth-order valence-electron chi connectivity index (χ4n) is 4.68. The summed E-state index contributed by atoms with van der Waals surface area (Å²) in [5, 5.41) is 0. The highest BCUT2D eigenvalue weighted by molar-refractivity contribution is 5.86. The second-order valence-electron chi connectivity index (χ2n) is 8.33. The summed E-state index contributed by atoms with van der Waals surface area (Å²) < 4.78 is 12.9. The van der Waals surface area contributed by atoms with Crippen LogP contribution in [0.15, 0.2) is 35.3 Å². The first-order chi connectivity index (χ1) is 13.5. The number of hydrogen-bond donors (Lipinski definition) is 0. The Balaban J connectivity index is 1.61. The highest BCUT2D eigenvalue weighted by Crippen LogP contribution is 2.49. The summed E-state index contributed by atoms with van der Waals surface area (Å²) in [5.41, 5.74) is 0.619. The molecule has 2 aliphatic rings. The molecule has 0 bridgehead atoms. The molecular weight excluding hydrogens is 356 g/mol. The summed E-state index contributed by atoms with van der Waals surface area (Å²) in [6.07, 6.45) is 6.59. The van der Waals surface area contributed by atoms with E-state index in [0.717, 1.165) is 44.1 Å². The standard InChI is InChI=1S/C21H30N4O3/c1-16(2)25-13-19(22-15-25)18-12-23(11-17-5-4-9-28-17)14-21(18)6-7-24(20(21)26)8-10-27-3/h4-5,9,13,15-16,18H,6-8,10-12,14H2,1-3H3/t18-,21+/m0/s1. The summed E-state index contributed by atoms with van der Waals surface area (Å²) in [5.74, 6) is 1.28. The summed E-state index contributed by atoms with van der Waals surface area (Å²) in [6, 6.07) is 4.26. The van der Waals surface area contributed by atoms with E-state index in [1.54, 1.807) is 13.4 Å². The van der Waals surface area contributed by atoms with E-state index in [-0.39, 0.29) is 11.8 Å². The Morgan fingerprint density at radius 1 is 1.43 bits per heavy atom. The van der Waals surface area contributed by atoms with Crippen molar-refractivity contribution in [3.8, 4) is 0 Å². The third kappa shape index (κ3) is 3.37. The van der Waals surface area contributed by atoms with Gasteiger partial charge in [-0.15, -0.1) is 0 Å². The van der Waals surface area contributed by atoms with Gasteiger partial charge in [-0.05, 0) is 32.4 Å². The maximum atomic E-state index is 13.5. The normalized spacial score (nSPS) is 25.6. The number of rotatable bonds is 7. The van der Waals surface area contributed by atoms with Crippen molar-refractivity contribution >= 4 is 5.91 Å². The van der Waals surface area contributed by atoms with Crippen LogP contribution < -0.4 is 0 Å². The predicted octanol–water partition coefficient (Wildman–Crippen LogP) is 2.52. The zero-order valence-corrected chi connectivity index (χ0v) is 17.0. The van der Waals surface area contributed by atoms with Crippen LogP contribution in [0.25, 0.3) is 0 Å². The third-order valence-corrected chi connectivity index (χ3v) is 6.25. The fraction of sp³-hybridized carbons (Fsp3) is 0.619. The van der Waals surface area contributed by atoms with Crippen molar-refractivity contribution in [2.45, 2.75) is 38.8 Å². The van der Waals surface area contributed by atoms with E-state index in [9.17, 15) is 4.79 Å². The molecular formula is C21H30N4O3. The van der Waals surface area contributed by atoms with Gasteiger partial charge in [0.2, 0.25) is 5.91 Å². The van der Waals surface area contributed by atoms with Gasteiger partial charge in [-0.3, -0.25) is 9.69 Å². The van der Waals surface area contributed by atoms with Crippen LogP contribution in [0.2, 0.25) is 0 Å². The van der Waals surface area contributed by atoms with Crippen molar-refractivity contribution in [1.82, 2.24) is 19.4 Å². The molecule has 28 heavy (non-hydrogen) atoms. The number of carbonyl (C=O) groups excluding carboxylic acids is 1. The molecule has 2 aliphatic heterocycles. The first-order valence-electron chi connectivity index (χ1n) is 10.1. The molecule has 1 spiro atoms. The van der Waals surface area contributed by atoms with Crippen LogP contribution in [0.1, 0.15) is 43.7 Å². The molecule has 0 unspecified atom stereocenters. The Kier molecular flexibility index (Phi) is 5.29. The average Bonchev–Trinajstić information content (AvgIpc) is 3.44. The Morgan fingerprint density at radius 2 is 2.29 bits per heavy atom. The summed E-state index contributed by atoms with van der Waals surface area (Å²) in [4.78, 5) is 22.5. The van der Waals surface area contributed by atoms with Gasteiger partial charge in [0.05, 0.1) is 36.9 Å². The summed E-state index contributed by atoms with van der Waals surface area (Å²) >= 11 is 0. The zero-order chi connectivity index (χ0) is 19.7. The lowest BCUT2D eigenvalue weighted by atomic mass is 9.75. The largest absolute Gasteiger partial charge is 0.468 e. The molecule has 0 N–H and O–H groups in total. The molecule has 0 aromatic carbocycles. The molecule has 2 aromatic heterocycles. The van der Waals surface area contributed by atoms with E-state index in [0.29, 0.717) is 19.2 Å². The van der Waals surface area contributed by atoms with Gasteiger partial charge in [0, 0.05) is 51.4 Å². The summed E-state index contributed by atoms with van der Waals surface area (Å²) in [6.45, 7) is 8.60. The Hall–Kier alpha value is -2.12. The molecule has 152 valence electrons. The maximum absolute atomic E-state index is 13.5. The van der Waals surface area contributed by atoms with Gasteiger partial charge >= 0.3 is 0 Å². The van der Waals surface area contributed by atoms with Gasteiger partial charge in [-0.2, -0.15) is 0 Å². The van der Waals surface area contributed by atoms with E-state index in [4.69, 9.17) is 14.1 Å². The van der Waals surface area contributed by atoms with Crippen LogP contribution in [0.3, 0.4) is 0 Å². The van der Waals surface area contributed by atoms with E-state index < -0.39 is 5.41 Å². The fourth-order valence-corrected chi connectivity index (χ4v) is 4.68. The highest BCUT2D eigenvalue weighted by Gasteiger charge is 2.57. The monoisotopic (exact) mass is 386 g/mol. The number of aromatic nitrogens is 2. The van der Waals surface area contributed by atoms with Crippen LogP contribution in [0.4, 0.5) is 0 Å². The molecule has 2 saturated heterocycles. The zero-order valence-electron chi connectivity index (χ0n) is 17.0. The third-order valence-electron chi connectivity index (χ3n) is 6.25. The van der Waals surface area contributed by atoms with E-state index in [1.165, 1.54) is 0 Å². The Morgan fingerprint density at radius 3 is 2.96 bits per heavy atom. The van der Waals surface area contributed by atoms with Crippen molar-refractivity contribution in [2.24, 2.45) is 5.41 Å². The molecule has 4 rings (SSSR count). The van der Waals surface area contributed by atoms with E-state index in [2.05, 4.69) is 29.5 Å². The highest BCUT2D eigenvalue weighted by atomic mass is 16.5. The van der Waals surface area contributed by atoms with Crippen LogP contribution in [0.5, 0.6) is 0 Å². The Labute approximate surface area is 166 Å². The van der Waals surface area contributed by atoms with Gasteiger partial charge in [0.25, 0.3) is 0 Å². The molecule has 4 heterocycles. The van der Waals surface area contributed by atoms with Gasteiger partial charge in [0.15, 0.2) is 0 Å². The molecule has 0 saturated carbocycles. The number of nitrogens with zero attached hydrogens (tertiary/aromatic N) is 4. The predicted molar refractivity (Wildman–Crippen MR) is 105 cm³/mol. The van der Waals surface area contributed by atoms with Crippen molar-refractivity contribution in [3.63, 3.8) is 0 Å². The van der Waals surface area contributed by atoms with Crippen molar-refractivity contribution in [3.05, 3.63) is 42.4 Å². The minimum Gasteiger partial charge on any atom is -0.468 e. The molecule has 2 fully saturated rings. The number of carbonyl (C=O) groups is 1. The second kappa shape index (κ2) is 7.72. The molecule has 0 radical (unpaired) electrons. The van der Waals surface area contributed by atoms with Crippen LogP contribution in [-0.4, -0.2) is 65.2 Å². The number of furan rings is 1. The quantitative estimate of drug-likeness (QED) is 0.732. The number of imidazole rings is 1. The minimum atomic E-state index is -0.406. The van der Waals surface area contributed by atoms with E-state index in [1.807, 2.05) is 23.4 Å². The smallest absolute Gasteiger partial charge is 0.230 e. The van der Waals surface area contributed by atoms with Gasteiger partial charge in [-0.25, -0.2) is 4.98 Å². The lowest BCUT2D eigenvalue weighted by Gasteiger charge is -2.28. The Bertz CT molecular complexity index is 800. The molecule has 7 heteroatoms. The molecule has 0 aliphatic carbocycles. The van der Waals surface area contributed by atoms with Gasteiger partial charge < -0.3 is 18.6 Å². The van der Waals surface area contributed by atoms with Crippen molar-refractivity contribution < 1.29 is 13.9 Å². The number of methoxy groups -OCH3 is 1. The number of likely N-dealkylation sites (tertiary alicyclic amines) is 2. The van der Waals surface area contributed by atoms with Gasteiger partial charge in [0.1, 0.15) is 5.76 Å². The number of amides is 1.